The smallest absolute Gasteiger partial charge is 0.246 e. The highest BCUT2D eigenvalue weighted by Gasteiger charge is 2.60. The van der Waals surface area contributed by atoms with E-state index in [2.05, 4.69) is 36.3 Å². The summed E-state index contributed by atoms with van der Waals surface area (Å²) in [4.78, 5) is 32.9. The normalized spacial score (nSPS) is 38.8. The number of fused-ring (bicyclic) bond motifs is 5. The highest BCUT2D eigenvalue weighted by molar-refractivity contribution is 7.98. The zero-order chi connectivity index (χ0) is 24.1. The summed E-state index contributed by atoms with van der Waals surface area (Å²) in [6.07, 6.45) is 15.7. The minimum Gasteiger partial charge on any atom is -0.350 e. The minimum atomic E-state index is 0.0834. The number of hydrogen-bond acceptors (Lipinski definition) is 4. The van der Waals surface area contributed by atoms with Crippen LogP contribution >= 0.6 is 11.8 Å². The number of likely N-dealkylation sites (N-methyl/N-ethyl adjacent to an activating group) is 1. The molecule has 0 spiro atoms. The molecule has 1 aliphatic heterocycles. The molecule has 1 N–H and O–H groups in total. The van der Waals surface area contributed by atoms with Gasteiger partial charge in [-0.15, -0.1) is 11.8 Å². The Kier molecular flexibility index (Phi) is 6.33. The van der Waals surface area contributed by atoms with Crippen molar-refractivity contribution < 1.29 is 9.59 Å². The third kappa shape index (κ3) is 3.81. The van der Waals surface area contributed by atoms with Gasteiger partial charge in [0, 0.05) is 36.0 Å². The second-order valence-corrected chi connectivity index (χ2v) is 12.4. The Hall–Kier alpha value is -1.82. The van der Waals surface area contributed by atoms with Crippen LogP contribution in [-0.2, 0) is 16.1 Å². The molecule has 184 valence electrons. The van der Waals surface area contributed by atoms with Crippen molar-refractivity contribution in [3.63, 3.8) is 0 Å². The maximum Gasteiger partial charge on any atom is 0.246 e. The van der Waals surface area contributed by atoms with Gasteiger partial charge in [-0.3, -0.25) is 14.6 Å². The van der Waals surface area contributed by atoms with Crippen molar-refractivity contribution in [3.05, 3.63) is 36.2 Å². The molecule has 5 nitrogen and oxygen atoms in total. The van der Waals surface area contributed by atoms with Crippen LogP contribution in [0.15, 0.2) is 35.4 Å². The second kappa shape index (κ2) is 9.00. The minimum absolute atomic E-state index is 0.0834. The van der Waals surface area contributed by atoms with Crippen molar-refractivity contribution in [2.24, 2.45) is 34.5 Å². The summed E-state index contributed by atoms with van der Waals surface area (Å²) in [7, 11) is 1.99. The first kappa shape index (κ1) is 23.9. The topological polar surface area (TPSA) is 62.3 Å². The molecule has 0 bridgehead atoms. The van der Waals surface area contributed by atoms with Gasteiger partial charge in [0.2, 0.25) is 11.8 Å². The zero-order valence-electron chi connectivity index (χ0n) is 21.0. The number of carbonyl (C=O) groups excluding carboxylic acids is 2. The van der Waals surface area contributed by atoms with E-state index in [1.807, 2.05) is 30.3 Å². The van der Waals surface area contributed by atoms with Crippen molar-refractivity contribution in [2.45, 2.75) is 76.3 Å². The molecule has 7 atom stereocenters. The van der Waals surface area contributed by atoms with Crippen LogP contribution in [-0.4, -0.2) is 41.0 Å². The van der Waals surface area contributed by atoms with Crippen LogP contribution in [0.3, 0.4) is 0 Å². The molecule has 3 saturated carbocycles. The Morgan fingerprint density at radius 1 is 1.21 bits per heavy atom. The molecule has 1 aromatic heterocycles. The van der Waals surface area contributed by atoms with Gasteiger partial charge in [0.1, 0.15) is 0 Å². The third-order valence-corrected chi connectivity index (χ3v) is 11.1. The van der Waals surface area contributed by atoms with Crippen molar-refractivity contribution in [1.82, 2.24) is 15.2 Å². The maximum absolute atomic E-state index is 13.0. The van der Waals surface area contributed by atoms with Crippen molar-refractivity contribution >= 4 is 23.6 Å². The van der Waals surface area contributed by atoms with Crippen LogP contribution in [0.5, 0.6) is 0 Å². The van der Waals surface area contributed by atoms with Gasteiger partial charge in [-0.05, 0) is 92.1 Å². The Morgan fingerprint density at radius 2 is 2.03 bits per heavy atom. The Labute approximate surface area is 208 Å². The average molecular weight is 482 g/mol. The molecule has 3 fully saturated rings. The van der Waals surface area contributed by atoms with Gasteiger partial charge in [0.15, 0.2) is 0 Å². The summed E-state index contributed by atoms with van der Waals surface area (Å²) in [6, 6.07) is 4.33. The van der Waals surface area contributed by atoms with Crippen LogP contribution in [0.25, 0.3) is 0 Å². The van der Waals surface area contributed by atoms with Gasteiger partial charge >= 0.3 is 0 Å². The predicted molar refractivity (Wildman–Crippen MR) is 136 cm³/mol. The fourth-order valence-electron chi connectivity index (χ4n) is 8.40. The molecule has 0 radical (unpaired) electrons. The predicted octanol–water partition coefficient (Wildman–Crippen LogP) is 5.07. The van der Waals surface area contributed by atoms with Crippen LogP contribution in [0.1, 0.15) is 64.5 Å². The summed E-state index contributed by atoms with van der Waals surface area (Å²) in [5.74, 6) is 2.81. The van der Waals surface area contributed by atoms with E-state index < -0.39 is 0 Å². The lowest BCUT2D eigenvalue weighted by Gasteiger charge is -2.60. The number of amides is 2. The molecule has 2 heterocycles. The standard InChI is InChI=1S/C28H39N3O2S/c1-27-13-11-21-19(8-10-24-28(21,2)14-12-26(33)31(24)3)20(27)9-7-18(27)16-25(32)30-17-22-23(34-4)6-5-15-29-22/h5-6,12,14-15,18-21,24H,7-11,13,16-17H2,1-4H3,(H,30,32)/t18-,19+,20+,21+,24-,27-,28-/m1/s1. The van der Waals surface area contributed by atoms with Crippen LogP contribution < -0.4 is 5.32 Å². The van der Waals surface area contributed by atoms with Crippen LogP contribution in [0, 0.1) is 34.5 Å². The molecule has 4 aliphatic rings. The summed E-state index contributed by atoms with van der Waals surface area (Å²) in [5, 5.41) is 3.16. The summed E-state index contributed by atoms with van der Waals surface area (Å²) < 4.78 is 0. The number of nitrogens with zero attached hydrogens (tertiary/aromatic N) is 2. The molecular weight excluding hydrogens is 442 g/mol. The van der Waals surface area contributed by atoms with Crippen molar-refractivity contribution in [2.75, 3.05) is 13.3 Å². The van der Waals surface area contributed by atoms with Gasteiger partial charge in [-0.25, -0.2) is 0 Å². The first-order valence-corrected chi connectivity index (χ1v) is 14.2. The molecule has 1 aromatic rings. The number of pyridine rings is 1. The Balaban J connectivity index is 1.26. The highest BCUT2D eigenvalue weighted by atomic mass is 32.2. The average Bonchev–Trinajstić information content (AvgIpc) is 3.16. The van der Waals surface area contributed by atoms with E-state index in [1.165, 1.54) is 25.7 Å². The molecule has 6 heteroatoms. The molecule has 34 heavy (non-hydrogen) atoms. The van der Waals surface area contributed by atoms with E-state index in [1.54, 1.807) is 18.0 Å². The Morgan fingerprint density at radius 3 is 2.82 bits per heavy atom. The fraction of sp³-hybridized carbons (Fsp3) is 0.679. The van der Waals surface area contributed by atoms with E-state index in [0.717, 1.165) is 23.4 Å². The van der Waals surface area contributed by atoms with Gasteiger partial charge in [-0.2, -0.15) is 0 Å². The number of rotatable bonds is 5. The van der Waals surface area contributed by atoms with Gasteiger partial charge < -0.3 is 10.2 Å². The van der Waals surface area contributed by atoms with E-state index in [-0.39, 0.29) is 22.6 Å². The molecule has 0 unspecified atom stereocenters. The molecule has 2 amide bonds. The van der Waals surface area contributed by atoms with E-state index in [4.69, 9.17) is 0 Å². The quantitative estimate of drug-likeness (QED) is 0.597. The van der Waals surface area contributed by atoms with Crippen LogP contribution in [0.2, 0.25) is 0 Å². The molecule has 3 aliphatic carbocycles. The Bertz CT molecular complexity index is 996. The molecular formula is C28H39N3O2S. The molecule has 5 rings (SSSR count). The number of hydrogen-bond donors (Lipinski definition) is 1. The van der Waals surface area contributed by atoms with Gasteiger partial charge in [0.05, 0.1) is 12.2 Å². The number of thioether (sulfide) groups is 1. The van der Waals surface area contributed by atoms with E-state index in [9.17, 15) is 9.59 Å². The lowest BCUT2D eigenvalue weighted by molar-refractivity contribution is -0.139. The number of carbonyl (C=O) groups is 2. The third-order valence-electron chi connectivity index (χ3n) is 10.3. The van der Waals surface area contributed by atoms with Crippen molar-refractivity contribution in [3.8, 4) is 0 Å². The SMILES string of the molecule is CSc1cccnc1CNC(=O)C[C@H]1CC[C@H]2[C@@H]3CC[C@H]4N(C)C(=O)C=C[C@]4(C)[C@H]3CC[C@]12C. The second-order valence-electron chi connectivity index (χ2n) is 11.6. The largest absolute Gasteiger partial charge is 0.350 e. The maximum atomic E-state index is 13.0. The molecule has 0 aromatic carbocycles. The van der Waals surface area contributed by atoms with Crippen LogP contribution in [0.4, 0.5) is 0 Å². The van der Waals surface area contributed by atoms with Gasteiger partial charge in [-0.1, -0.05) is 19.9 Å². The highest BCUT2D eigenvalue weighted by Crippen LogP contribution is 2.65. The first-order chi connectivity index (χ1) is 16.3. The summed E-state index contributed by atoms with van der Waals surface area (Å²) in [6.45, 7) is 5.38. The monoisotopic (exact) mass is 481 g/mol. The zero-order valence-corrected chi connectivity index (χ0v) is 21.9. The van der Waals surface area contributed by atoms with Crippen molar-refractivity contribution in [1.29, 1.82) is 0 Å². The lowest BCUT2D eigenvalue weighted by Crippen LogP contribution is -2.59. The lowest BCUT2D eigenvalue weighted by atomic mass is 9.47. The summed E-state index contributed by atoms with van der Waals surface area (Å²) >= 11 is 1.67. The number of nitrogens with one attached hydrogen (secondary N) is 1. The van der Waals surface area contributed by atoms with E-state index >= 15 is 0 Å². The summed E-state index contributed by atoms with van der Waals surface area (Å²) in [5.41, 5.74) is 1.28. The fourth-order valence-corrected chi connectivity index (χ4v) is 8.98. The first-order valence-electron chi connectivity index (χ1n) is 13.0. The van der Waals surface area contributed by atoms with Gasteiger partial charge in [0.25, 0.3) is 0 Å². The van der Waals surface area contributed by atoms with E-state index in [0.29, 0.717) is 42.7 Å². The molecule has 0 saturated heterocycles. The number of aromatic nitrogens is 1.